The van der Waals surface area contributed by atoms with E-state index in [1.54, 1.807) is 42.5 Å². The van der Waals surface area contributed by atoms with Crippen LogP contribution in [0.3, 0.4) is 0 Å². The molecule has 100 valence electrons. The summed E-state index contributed by atoms with van der Waals surface area (Å²) >= 11 is 18.0. The lowest BCUT2D eigenvalue weighted by atomic mass is 10.0. The quantitative estimate of drug-likeness (QED) is 0.723. The standard InChI is InChI=1S/C15H8Cl3NO/c16-9-2-4-13(18)8(5-9)6-12-11-3-1-10(17)7-14(11)19-15(12)20/h1-7H,(H,19,20). The normalized spacial score (nSPS) is 15.3. The summed E-state index contributed by atoms with van der Waals surface area (Å²) < 4.78 is 0. The summed E-state index contributed by atoms with van der Waals surface area (Å²) in [4.78, 5) is 12.0. The van der Waals surface area contributed by atoms with Gasteiger partial charge >= 0.3 is 0 Å². The molecule has 0 saturated carbocycles. The van der Waals surface area contributed by atoms with Gasteiger partial charge < -0.3 is 5.32 Å². The van der Waals surface area contributed by atoms with Crippen LogP contribution in [0.4, 0.5) is 5.69 Å². The highest BCUT2D eigenvalue weighted by molar-refractivity contribution is 6.38. The summed E-state index contributed by atoms with van der Waals surface area (Å²) in [6, 6.07) is 10.4. The first-order chi connectivity index (χ1) is 9.54. The molecule has 0 saturated heterocycles. The minimum atomic E-state index is -0.182. The van der Waals surface area contributed by atoms with Crippen LogP contribution < -0.4 is 5.32 Å². The Hall–Kier alpha value is -1.48. The van der Waals surface area contributed by atoms with Gasteiger partial charge in [0.2, 0.25) is 0 Å². The summed E-state index contributed by atoms with van der Waals surface area (Å²) in [6.45, 7) is 0. The number of hydrogen-bond acceptors (Lipinski definition) is 1. The lowest BCUT2D eigenvalue weighted by Crippen LogP contribution is -2.03. The Morgan fingerprint density at radius 1 is 0.950 bits per heavy atom. The second-order valence-corrected chi connectivity index (χ2v) is 5.65. The van der Waals surface area contributed by atoms with Crippen molar-refractivity contribution >= 4 is 58.0 Å². The van der Waals surface area contributed by atoms with Gasteiger partial charge in [-0.25, -0.2) is 0 Å². The van der Waals surface area contributed by atoms with Crippen molar-refractivity contribution in [2.24, 2.45) is 0 Å². The smallest absolute Gasteiger partial charge is 0.256 e. The molecule has 0 aromatic heterocycles. The third-order valence-corrected chi connectivity index (χ3v) is 3.84. The number of halogens is 3. The maximum absolute atomic E-state index is 12.0. The van der Waals surface area contributed by atoms with Gasteiger partial charge in [-0.3, -0.25) is 4.79 Å². The van der Waals surface area contributed by atoms with Gasteiger partial charge in [-0.2, -0.15) is 0 Å². The number of benzene rings is 2. The number of nitrogens with one attached hydrogen (secondary N) is 1. The minimum Gasteiger partial charge on any atom is -0.321 e. The lowest BCUT2D eigenvalue weighted by molar-refractivity contribution is -0.110. The van der Waals surface area contributed by atoms with Crippen molar-refractivity contribution in [1.82, 2.24) is 0 Å². The Morgan fingerprint density at radius 3 is 2.45 bits per heavy atom. The molecule has 0 aliphatic carbocycles. The largest absolute Gasteiger partial charge is 0.321 e. The number of amides is 1. The Balaban J connectivity index is 2.13. The van der Waals surface area contributed by atoms with Crippen LogP contribution in [0.15, 0.2) is 36.4 Å². The van der Waals surface area contributed by atoms with E-state index in [0.29, 0.717) is 31.9 Å². The zero-order valence-corrected chi connectivity index (χ0v) is 12.4. The Kier molecular flexibility index (Phi) is 3.47. The van der Waals surface area contributed by atoms with Gasteiger partial charge in [0.05, 0.1) is 5.69 Å². The van der Waals surface area contributed by atoms with Gasteiger partial charge in [-0.15, -0.1) is 0 Å². The molecule has 1 amide bonds. The molecule has 1 aliphatic rings. The molecule has 0 unspecified atom stereocenters. The SMILES string of the molecule is O=C1Nc2cc(Cl)ccc2C1=Cc1cc(Cl)ccc1Cl. The predicted octanol–water partition coefficient (Wildman–Crippen LogP) is 5.14. The Labute approximate surface area is 131 Å². The Bertz CT molecular complexity index is 753. The van der Waals surface area contributed by atoms with Crippen molar-refractivity contribution < 1.29 is 4.79 Å². The third kappa shape index (κ3) is 2.42. The molecule has 1 aliphatic heterocycles. The summed E-state index contributed by atoms with van der Waals surface area (Å²) in [7, 11) is 0. The van der Waals surface area contributed by atoms with E-state index in [0.717, 1.165) is 5.56 Å². The average molecular weight is 325 g/mol. The molecule has 20 heavy (non-hydrogen) atoms. The second-order valence-electron chi connectivity index (χ2n) is 4.37. The van der Waals surface area contributed by atoms with Crippen LogP contribution in [0.1, 0.15) is 11.1 Å². The van der Waals surface area contributed by atoms with Crippen LogP contribution >= 0.6 is 34.8 Å². The molecule has 0 bridgehead atoms. The fourth-order valence-corrected chi connectivity index (χ4v) is 2.62. The van der Waals surface area contributed by atoms with Gasteiger partial charge in [0.1, 0.15) is 0 Å². The van der Waals surface area contributed by atoms with Gasteiger partial charge in [-0.1, -0.05) is 40.9 Å². The van der Waals surface area contributed by atoms with Crippen molar-refractivity contribution in [1.29, 1.82) is 0 Å². The molecule has 3 rings (SSSR count). The predicted molar refractivity (Wildman–Crippen MR) is 84.4 cm³/mol. The maximum atomic E-state index is 12.0. The second kappa shape index (κ2) is 5.13. The molecule has 2 nitrogen and oxygen atoms in total. The molecule has 0 fully saturated rings. The van der Waals surface area contributed by atoms with Crippen LogP contribution in [0, 0.1) is 0 Å². The molecule has 0 radical (unpaired) electrons. The van der Waals surface area contributed by atoms with E-state index >= 15 is 0 Å². The van der Waals surface area contributed by atoms with Gasteiger partial charge in [0, 0.05) is 26.2 Å². The molecule has 2 aromatic carbocycles. The fraction of sp³-hybridized carbons (Fsp3) is 0. The third-order valence-electron chi connectivity index (χ3n) is 3.02. The summed E-state index contributed by atoms with van der Waals surface area (Å²) in [5.74, 6) is -0.182. The van der Waals surface area contributed by atoms with Crippen molar-refractivity contribution in [2.45, 2.75) is 0 Å². The molecule has 0 atom stereocenters. The van der Waals surface area contributed by atoms with E-state index in [-0.39, 0.29) is 5.91 Å². The van der Waals surface area contributed by atoms with Crippen molar-refractivity contribution in [2.75, 3.05) is 5.32 Å². The first-order valence-corrected chi connectivity index (χ1v) is 6.96. The maximum Gasteiger partial charge on any atom is 0.256 e. The molecule has 0 spiro atoms. The average Bonchev–Trinajstić information content (AvgIpc) is 2.69. The number of carbonyl (C=O) groups is 1. The number of fused-ring (bicyclic) bond motifs is 1. The summed E-state index contributed by atoms with van der Waals surface area (Å²) in [6.07, 6.45) is 1.73. The summed E-state index contributed by atoms with van der Waals surface area (Å²) in [5, 5.41) is 4.45. The van der Waals surface area contributed by atoms with Crippen molar-refractivity contribution in [3.63, 3.8) is 0 Å². The van der Waals surface area contributed by atoms with E-state index < -0.39 is 0 Å². The fourth-order valence-electron chi connectivity index (χ4n) is 2.09. The highest BCUT2D eigenvalue weighted by atomic mass is 35.5. The topological polar surface area (TPSA) is 29.1 Å². The minimum absolute atomic E-state index is 0.182. The number of hydrogen-bond donors (Lipinski definition) is 1. The zero-order chi connectivity index (χ0) is 14.3. The molecular weight excluding hydrogens is 317 g/mol. The van der Waals surface area contributed by atoms with E-state index in [4.69, 9.17) is 34.8 Å². The highest BCUT2D eigenvalue weighted by Gasteiger charge is 2.24. The van der Waals surface area contributed by atoms with Gasteiger partial charge in [-0.05, 0) is 42.0 Å². The first-order valence-electron chi connectivity index (χ1n) is 5.82. The molecule has 1 N–H and O–H groups in total. The van der Waals surface area contributed by atoms with Crippen LogP contribution in [0.2, 0.25) is 15.1 Å². The van der Waals surface area contributed by atoms with Gasteiger partial charge in [0.15, 0.2) is 0 Å². The molecule has 5 heteroatoms. The van der Waals surface area contributed by atoms with E-state index in [1.165, 1.54) is 0 Å². The number of carbonyl (C=O) groups excluding carboxylic acids is 1. The van der Waals surface area contributed by atoms with E-state index in [9.17, 15) is 4.79 Å². The molecule has 2 aromatic rings. The summed E-state index contributed by atoms with van der Waals surface area (Å²) in [5.41, 5.74) is 2.75. The van der Waals surface area contributed by atoms with Crippen LogP contribution in [-0.2, 0) is 4.79 Å². The van der Waals surface area contributed by atoms with Gasteiger partial charge in [0.25, 0.3) is 5.91 Å². The Morgan fingerprint density at radius 2 is 1.65 bits per heavy atom. The van der Waals surface area contributed by atoms with Crippen molar-refractivity contribution in [3.8, 4) is 0 Å². The van der Waals surface area contributed by atoms with Crippen LogP contribution in [-0.4, -0.2) is 5.91 Å². The zero-order valence-electron chi connectivity index (χ0n) is 10.1. The van der Waals surface area contributed by atoms with E-state index in [1.807, 2.05) is 0 Å². The highest BCUT2D eigenvalue weighted by Crippen LogP contribution is 2.36. The molecule has 1 heterocycles. The van der Waals surface area contributed by atoms with Crippen molar-refractivity contribution in [3.05, 3.63) is 62.6 Å². The first kappa shape index (κ1) is 13.5. The van der Waals surface area contributed by atoms with Crippen LogP contribution in [0.5, 0.6) is 0 Å². The van der Waals surface area contributed by atoms with E-state index in [2.05, 4.69) is 5.32 Å². The van der Waals surface area contributed by atoms with Crippen LogP contribution in [0.25, 0.3) is 11.6 Å². The lowest BCUT2D eigenvalue weighted by Gasteiger charge is -2.02. The molecular formula is C15H8Cl3NO. The number of rotatable bonds is 1. The number of anilines is 1. The monoisotopic (exact) mass is 323 g/mol.